The van der Waals surface area contributed by atoms with E-state index in [9.17, 15) is 14.7 Å². The third-order valence-corrected chi connectivity index (χ3v) is 4.82. The Hall–Kier alpha value is -3.87. The number of hydrogen-bond donors (Lipinski definition) is 3. The van der Waals surface area contributed by atoms with E-state index in [4.69, 9.17) is 0 Å². The highest BCUT2D eigenvalue weighted by molar-refractivity contribution is 5.94. The molecule has 0 aliphatic rings. The second-order valence-corrected chi connectivity index (χ2v) is 6.81. The van der Waals surface area contributed by atoms with Gasteiger partial charge in [-0.25, -0.2) is 4.98 Å². The van der Waals surface area contributed by atoms with Crippen LogP contribution >= 0.6 is 0 Å². The fourth-order valence-electron chi connectivity index (χ4n) is 3.25. The molecule has 7 nitrogen and oxygen atoms in total. The maximum absolute atomic E-state index is 12.7. The molecule has 0 aliphatic heterocycles. The van der Waals surface area contributed by atoms with Crippen LogP contribution in [-0.2, 0) is 20.0 Å². The number of aromatic amines is 1. The number of aromatic hydroxyl groups is 1. The third-order valence-electron chi connectivity index (χ3n) is 4.82. The molecule has 7 heteroatoms. The van der Waals surface area contributed by atoms with Crippen molar-refractivity contribution in [2.45, 2.75) is 13.0 Å². The minimum atomic E-state index is -0.415. The minimum Gasteiger partial charge on any atom is -0.505 e. The number of amides is 1. The number of H-pyrrole nitrogens is 1. The van der Waals surface area contributed by atoms with Crippen LogP contribution in [0.1, 0.15) is 27.3 Å². The normalized spacial score (nSPS) is 10.9. The van der Waals surface area contributed by atoms with E-state index in [1.807, 2.05) is 60.7 Å². The predicted molar refractivity (Wildman–Crippen MR) is 110 cm³/mol. The number of carbonyl (C=O) groups is 1. The zero-order chi connectivity index (χ0) is 20.4. The van der Waals surface area contributed by atoms with Crippen molar-refractivity contribution in [3.63, 3.8) is 0 Å². The maximum atomic E-state index is 12.7. The molecule has 4 aromatic rings. The molecule has 0 fully saturated rings. The van der Waals surface area contributed by atoms with E-state index >= 15 is 0 Å². The number of benzene rings is 2. The summed E-state index contributed by atoms with van der Waals surface area (Å²) in [5.41, 5.74) is 2.27. The molecule has 0 radical (unpaired) electrons. The van der Waals surface area contributed by atoms with Gasteiger partial charge in [0, 0.05) is 20.0 Å². The predicted octanol–water partition coefficient (Wildman–Crippen LogP) is 2.49. The van der Waals surface area contributed by atoms with Gasteiger partial charge in [0.1, 0.15) is 5.52 Å². The number of pyridine rings is 1. The molecule has 1 amide bonds. The van der Waals surface area contributed by atoms with E-state index < -0.39 is 5.91 Å². The molecule has 29 heavy (non-hydrogen) atoms. The summed E-state index contributed by atoms with van der Waals surface area (Å²) in [6.07, 6.45) is 0.282. The van der Waals surface area contributed by atoms with Gasteiger partial charge in [0.15, 0.2) is 17.2 Å². The number of hydrogen-bond acceptors (Lipinski definition) is 4. The molecule has 0 saturated carbocycles. The Bertz CT molecular complexity index is 1230. The Morgan fingerprint density at radius 2 is 1.69 bits per heavy atom. The smallest absolute Gasteiger partial charge is 0.287 e. The van der Waals surface area contributed by atoms with Crippen molar-refractivity contribution >= 4 is 17.1 Å². The molecule has 2 aromatic heterocycles. The fourth-order valence-corrected chi connectivity index (χ4v) is 3.25. The van der Waals surface area contributed by atoms with E-state index in [1.165, 1.54) is 4.57 Å². The number of nitrogens with zero attached hydrogens (tertiary/aromatic N) is 2. The van der Waals surface area contributed by atoms with Crippen molar-refractivity contribution in [1.82, 2.24) is 19.9 Å². The lowest BCUT2D eigenvalue weighted by Crippen LogP contribution is -2.24. The molecule has 0 atom stereocenters. The minimum absolute atomic E-state index is 0.0399. The molecule has 4 rings (SSSR count). The molecule has 0 aliphatic carbocycles. The lowest BCUT2D eigenvalue weighted by molar-refractivity contribution is 0.0942. The van der Waals surface area contributed by atoms with Crippen LogP contribution in [0.4, 0.5) is 0 Å². The number of aryl methyl sites for hydroxylation is 1. The Morgan fingerprint density at radius 3 is 2.34 bits per heavy atom. The first-order valence-corrected chi connectivity index (χ1v) is 9.21. The first kappa shape index (κ1) is 18.5. The second kappa shape index (κ2) is 7.63. The first-order valence-electron chi connectivity index (χ1n) is 9.21. The lowest BCUT2D eigenvalue weighted by Gasteiger charge is -2.08. The molecule has 0 bridgehead atoms. The Kier molecular flexibility index (Phi) is 4.87. The van der Waals surface area contributed by atoms with Gasteiger partial charge in [0.25, 0.3) is 11.5 Å². The maximum Gasteiger partial charge on any atom is 0.287 e. The largest absolute Gasteiger partial charge is 0.505 e. The lowest BCUT2D eigenvalue weighted by atomic mass is 10.1. The van der Waals surface area contributed by atoms with Crippen molar-refractivity contribution < 1.29 is 9.90 Å². The summed E-state index contributed by atoms with van der Waals surface area (Å²) >= 11 is 0. The number of aromatic nitrogens is 3. The van der Waals surface area contributed by atoms with E-state index in [-0.39, 0.29) is 40.3 Å². The van der Waals surface area contributed by atoms with Crippen LogP contribution in [0, 0.1) is 0 Å². The molecule has 3 N–H and O–H groups in total. The number of imidazole rings is 1. The number of rotatable bonds is 5. The fraction of sp³-hybridized carbons (Fsp3) is 0.136. The summed E-state index contributed by atoms with van der Waals surface area (Å²) in [7, 11) is 1.57. The summed E-state index contributed by atoms with van der Waals surface area (Å²) in [6, 6.07) is 18.9. The number of fused-ring (bicyclic) bond motifs is 1. The molecule has 0 saturated heterocycles. The van der Waals surface area contributed by atoms with E-state index in [0.29, 0.717) is 6.54 Å². The van der Waals surface area contributed by atoms with Gasteiger partial charge in [-0.3, -0.25) is 14.2 Å². The highest BCUT2D eigenvalue weighted by Crippen LogP contribution is 2.26. The van der Waals surface area contributed by atoms with Gasteiger partial charge in [-0.2, -0.15) is 0 Å². The SMILES string of the molecule is Cn1c(=O)c(Cc2ccccc2)c(O)c2[nH]c(C(=O)NCc3ccccc3)nc21. The van der Waals surface area contributed by atoms with Crippen molar-refractivity contribution in [1.29, 1.82) is 0 Å². The van der Waals surface area contributed by atoms with Crippen molar-refractivity contribution in [3.05, 3.63) is 93.5 Å². The van der Waals surface area contributed by atoms with Crippen molar-refractivity contribution in [3.8, 4) is 5.75 Å². The van der Waals surface area contributed by atoms with Crippen LogP contribution in [0.5, 0.6) is 5.75 Å². The van der Waals surface area contributed by atoms with Crippen LogP contribution in [0.15, 0.2) is 65.5 Å². The van der Waals surface area contributed by atoms with Crippen LogP contribution in [0.2, 0.25) is 0 Å². The van der Waals surface area contributed by atoms with E-state index in [1.54, 1.807) is 7.05 Å². The average molecular weight is 388 g/mol. The van der Waals surface area contributed by atoms with E-state index in [0.717, 1.165) is 11.1 Å². The van der Waals surface area contributed by atoms with Gasteiger partial charge >= 0.3 is 0 Å². The summed E-state index contributed by atoms with van der Waals surface area (Å²) < 4.78 is 1.35. The molecular weight excluding hydrogens is 368 g/mol. The summed E-state index contributed by atoms with van der Waals surface area (Å²) in [4.78, 5) is 32.3. The van der Waals surface area contributed by atoms with Crippen molar-refractivity contribution in [2.75, 3.05) is 0 Å². The third kappa shape index (κ3) is 3.62. The van der Waals surface area contributed by atoms with Gasteiger partial charge in [0.05, 0.1) is 5.56 Å². The second-order valence-electron chi connectivity index (χ2n) is 6.81. The van der Waals surface area contributed by atoms with Gasteiger partial charge in [0.2, 0.25) is 0 Å². The zero-order valence-electron chi connectivity index (χ0n) is 15.8. The van der Waals surface area contributed by atoms with Gasteiger partial charge < -0.3 is 15.4 Å². The Labute approximate surface area is 166 Å². The molecule has 0 unspecified atom stereocenters. The average Bonchev–Trinajstić information content (AvgIpc) is 3.21. The topological polar surface area (TPSA) is 100 Å². The van der Waals surface area contributed by atoms with Gasteiger partial charge in [-0.05, 0) is 11.1 Å². The van der Waals surface area contributed by atoms with Gasteiger partial charge in [-0.1, -0.05) is 60.7 Å². The van der Waals surface area contributed by atoms with Crippen molar-refractivity contribution in [2.24, 2.45) is 7.05 Å². The monoisotopic (exact) mass is 388 g/mol. The standard InChI is InChI=1S/C22H20N4O3/c1-26-20-17(18(27)16(22(26)29)12-14-8-4-2-5-9-14)24-19(25-20)21(28)23-13-15-10-6-3-7-11-15/h2-11,27H,12-13H2,1H3,(H,23,28)(H,24,25). The summed E-state index contributed by atoms with van der Waals surface area (Å²) in [5.74, 6) is -0.554. The van der Waals surface area contributed by atoms with Crippen LogP contribution < -0.4 is 10.9 Å². The van der Waals surface area contributed by atoms with Gasteiger partial charge in [-0.15, -0.1) is 0 Å². The summed E-state index contributed by atoms with van der Waals surface area (Å²) in [5, 5.41) is 13.5. The van der Waals surface area contributed by atoms with Crippen LogP contribution in [-0.4, -0.2) is 25.5 Å². The molecule has 2 aromatic carbocycles. The van der Waals surface area contributed by atoms with Crippen LogP contribution in [0.3, 0.4) is 0 Å². The number of nitrogens with one attached hydrogen (secondary N) is 2. The zero-order valence-corrected chi connectivity index (χ0v) is 15.8. The quantitative estimate of drug-likeness (QED) is 0.489. The molecule has 2 heterocycles. The molecular formula is C22H20N4O3. The van der Waals surface area contributed by atoms with E-state index in [2.05, 4.69) is 15.3 Å². The van der Waals surface area contributed by atoms with Crippen LogP contribution in [0.25, 0.3) is 11.2 Å². The Morgan fingerprint density at radius 1 is 1.07 bits per heavy atom. The number of carbonyl (C=O) groups excluding carboxylic acids is 1. The highest BCUT2D eigenvalue weighted by Gasteiger charge is 2.20. The highest BCUT2D eigenvalue weighted by atomic mass is 16.3. The molecule has 146 valence electrons. The Balaban J connectivity index is 1.66. The molecule has 0 spiro atoms. The summed E-state index contributed by atoms with van der Waals surface area (Å²) in [6.45, 7) is 0.348. The first-order chi connectivity index (χ1) is 14.0.